The number of methoxy groups -OCH3 is 1. The molecule has 0 rings (SSSR count). The minimum atomic E-state index is -1.33. The Morgan fingerprint density at radius 2 is 2.07 bits per heavy atom. The van der Waals surface area contributed by atoms with Crippen LogP contribution in [0.15, 0.2) is 11.6 Å². The molecule has 0 aromatic heterocycles. The maximum absolute atomic E-state index is 9.01. The molecule has 0 spiro atoms. The smallest absolute Gasteiger partial charge is 0.146 e. The summed E-state index contributed by atoms with van der Waals surface area (Å²) < 4.78 is 9.85. The number of hydrogen-bond donors (Lipinski definition) is 1. The Labute approximate surface area is 93.1 Å². The van der Waals surface area contributed by atoms with E-state index in [4.69, 9.17) is 14.6 Å². The molecule has 0 aliphatic rings. The van der Waals surface area contributed by atoms with Crippen molar-refractivity contribution in [3.63, 3.8) is 0 Å². The van der Waals surface area contributed by atoms with Crippen LogP contribution >= 0.6 is 0 Å². The van der Waals surface area contributed by atoms with E-state index in [1.54, 1.807) is 13.2 Å². The summed E-state index contributed by atoms with van der Waals surface area (Å²) in [6, 6.07) is 0. The Morgan fingerprint density at radius 1 is 1.40 bits per heavy atom. The fraction of sp³-hybridized carbons (Fsp3) is 0.636. The van der Waals surface area contributed by atoms with Crippen LogP contribution in [0.1, 0.15) is 0 Å². The largest absolute Gasteiger partial charge is 0.392 e. The maximum atomic E-state index is 9.01. The molecule has 0 fully saturated rings. The molecule has 4 heteroatoms. The number of ether oxygens (including phenoxy) is 2. The standard InChI is InChI=1S/C11H20O3Si/c1-13-10-14-9-11(8-12)6-5-7-15(2,3)4/h6,12H,8-10H2,1-4H3/b11-6-. The van der Waals surface area contributed by atoms with E-state index in [2.05, 4.69) is 31.1 Å². The van der Waals surface area contributed by atoms with Crippen LogP contribution in [-0.4, -0.2) is 40.3 Å². The maximum Gasteiger partial charge on any atom is 0.146 e. The van der Waals surface area contributed by atoms with Crippen LogP contribution in [0.4, 0.5) is 0 Å². The molecule has 0 amide bonds. The molecular weight excluding hydrogens is 208 g/mol. The van der Waals surface area contributed by atoms with Crippen molar-refractivity contribution in [3.8, 4) is 11.5 Å². The van der Waals surface area contributed by atoms with Crippen LogP contribution < -0.4 is 0 Å². The van der Waals surface area contributed by atoms with Gasteiger partial charge in [0.15, 0.2) is 0 Å². The van der Waals surface area contributed by atoms with Crippen LogP contribution in [-0.2, 0) is 9.47 Å². The topological polar surface area (TPSA) is 38.7 Å². The molecule has 0 aromatic carbocycles. The van der Waals surface area contributed by atoms with E-state index in [1.807, 2.05) is 0 Å². The van der Waals surface area contributed by atoms with Crippen molar-refractivity contribution in [2.24, 2.45) is 0 Å². The van der Waals surface area contributed by atoms with Gasteiger partial charge in [0.1, 0.15) is 14.9 Å². The van der Waals surface area contributed by atoms with Gasteiger partial charge in [-0.15, -0.1) is 5.54 Å². The highest BCUT2D eigenvalue weighted by Crippen LogP contribution is 1.98. The number of allylic oxidation sites excluding steroid dienone is 1. The molecule has 0 saturated heterocycles. The van der Waals surface area contributed by atoms with Gasteiger partial charge in [0.2, 0.25) is 0 Å². The van der Waals surface area contributed by atoms with Gasteiger partial charge in [-0.2, -0.15) is 0 Å². The van der Waals surface area contributed by atoms with Gasteiger partial charge in [-0.25, -0.2) is 0 Å². The average Bonchev–Trinajstić information content (AvgIpc) is 2.14. The number of aliphatic hydroxyl groups is 1. The van der Waals surface area contributed by atoms with Gasteiger partial charge in [0.25, 0.3) is 0 Å². The van der Waals surface area contributed by atoms with Crippen molar-refractivity contribution < 1.29 is 14.6 Å². The van der Waals surface area contributed by atoms with E-state index in [9.17, 15) is 0 Å². The summed E-state index contributed by atoms with van der Waals surface area (Å²) in [6.45, 7) is 7.10. The molecule has 1 N–H and O–H groups in total. The molecule has 0 aliphatic heterocycles. The summed E-state index contributed by atoms with van der Waals surface area (Å²) in [4.78, 5) is 0. The highest BCUT2D eigenvalue weighted by molar-refractivity contribution is 6.83. The molecule has 0 unspecified atom stereocenters. The monoisotopic (exact) mass is 228 g/mol. The van der Waals surface area contributed by atoms with E-state index < -0.39 is 8.07 Å². The van der Waals surface area contributed by atoms with E-state index in [0.717, 1.165) is 5.57 Å². The SMILES string of the molecule is COCOC/C(=C\C#C[Si](C)(C)C)CO. The summed E-state index contributed by atoms with van der Waals surface area (Å²) in [6.07, 6.45) is 1.73. The molecule has 0 saturated carbocycles. The van der Waals surface area contributed by atoms with Gasteiger partial charge in [0.05, 0.1) is 13.2 Å². The van der Waals surface area contributed by atoms with Gasteiger partial charge in [0, 0.05) is 7.11 Å². The van der Waals surface area contributed by atoms with E-state index >= 15 is 0 Å². The van der Waals surface area contributed by atoms with Crippen molar-refractivity contribution in [1.82, 2.24) is 0 Å². The summed E-state index contributed by atoms with van der Waals surface area (Å²) >= 11 is 0. The first-order chi connectivity index (χ1) is 6.99. The molecule has 15 heavy (non-hydrogen) atoms. The lowest BCUT2D eigenvalue weighted by atomic mass is 10.3. The molecule has 0 heterocycles. The van der Waals surface area contributed by atoms with Crippen LogP contribution in [0, 0.1) is 11.5 Å². The zero-order valence-electron chi connectivity index (χ0n) is 9.96. The normalized spacial score (nSPS) is 12.2. The lowest BCUT2D eigenvalue weighted by molar-refractivity contribution is -0.0228. The van der Waals surface area contributed by atoms with Crippen LogP contribution in [0.25, 0.3) is 0 Å². The van der Waals surface area contributed by atoms with Gasteiger partial charge in [-0.05, 0) is 11.6 Å². The Hall–Kier alpha value is -0.603. The first-order valence-corrected chi connectivity index (χ1v) is 8.37. The molecule has 3 nitrogen and oxygen atoms in total. The number of hydrogen-bond acceptors (Lipinski definition) is 3. The quantitative estimate of drug-likeness (QED) is 0.335. The lowest BCUT2D eigenvalue weighted by Gasteiger charge is -2.04. The molecule has 86 valence electrons. The van der Waals surface area contributed by atoms with Gasteiger partial charge < -0.3 is 14.6 Å². The predicted octanol–water partition coefficient (Wildman–Crippen LogP) is 1.41. The summed E-state index contributed by atoms with van der Waals surface area (Å²) in [5, 5.41) is 9.01. The van der Waals surface area contributed by atoms with Crippen LogP contribution in [0.5, 0.6) is 0 Å². The third kappa shape index (κ3) is 9.70. The molecule has 0 aromatic rings. The van der Waals surface area contributed by atoms with Crippen molar-refractivity contribution in [3.05, 3.63) is 11.6 Å². The highest BCUT2D eigenvalue weighted by atomic mass is 28.3. The third-order valence-electron chi connectivity index (χ3n) is 1.42. The third-order valence-corrected chi connectivity index (χ3v) is 2.31. The number of rotatable bonds is 5. The Balaban J connectivity index is 4.14. The Bertz CT molecular complexity index is 255. The second-order valence-corrected chi connectivity index (χ2v) is 8.99. The summed E-state index contributed by atoms with van der Waals surface area (Å²) in [7, 11) is 0.235. The number of aliphatic hydroxyl groups excluding tert-OH is 1. The van der Waals surface area contributed by atoms with Crippen molar-refractivity contribution >= 4 is 8.07 Å². The lowest BCUT2D eigenvalue weighted by Crippen LogP contribution is -2.16. The Morgan fingerprint density at radius 3 is 2.53 bits per heavy atom. The van der Waals surface area contributed by atoms with Crippen molar-refractivity contribution in [2.75, 3.05) is 27.1 Å². The summed E-state index contributed by atoms with van der Waals surface area (Å²) in [5.74, 6) is 2.97. The molecule has 0 aliphatic carbocycles. The second kappa shape index (κ2) is 7.66. The molecular formula is C11H20O3Si. The fourth-order valence-electron chi connectivity index (χ4n) is 0.744. The zero-order chi connectivity index (χ0) is 11.7. The van der Waals surface area contributed by atoms with Crippen molar-refractivity contribution in [2.45, 2.75) is 19.6 Å². The first kappa shape index (κ1) is 14.4. The van der Waals surface area contributed by atoms with E-state index in [1.165, 1.54) is 0 Å². The van der Waals surface area contributed by atoms with Crippen LogP contribution in [0.3, 0.4) is 0 Å². The predicted molar refractivity (Wildman–Crippen MR) is 64.1 cm³/mol. The molecule has 0 bridgehead atoms. The minimum absolute atomic E-state index is 0.0237. The van der Waals surface area contributed by atoms with E-state index in [0.29, 0.717) is 6.61 Å². The van der Waals surface area contributed by atoms with Gasteiger partial charge in [-0.3, -0.25) is 0 Å². The second-order valence-electron chi connectivity index (χ2n) is 4.24. The van der Waals surface area contributed by atoms with Gasteiger partial charge >= 0.3 is 0 Å². The average molecular weight is 228 g/mol. The van der Waals surface area contributed by atoms with Crippen molar-refractivity contribution in [1.29, 1.82) is 0 Å². The fourth-order valence-corrected chi connectivity index (χ4v) is 1.25. The van der Waals surface area contributed by atoms with Crippen LogP contribution in [0.2, 0.25) is 19.6 Å². The highest BCUT2D eigenvalue weighted by Gasteiger charge is 2.06. The molecule has 0 radical (unpaired) electrons. The summed E-state index contributed by atoms with van der Waals surface area (Å²) in [5.41, 5.74) is 3.97. The van der Waals surface area contributed by atoms with E-state index in [-0.39, 0.29) is 13.4 Å². The molecule has 0 atom stereocenters. The Kier molecular flexibility index (Phi) is 7.35. The zero-order valence-corrected chi connectivity index (χ0v) is 11.0. The van der Waals surface area contributed by atoms with Gasteiger partial charge in [-0.1, -0.05) is 25.6 Å². The first-order valence-electron chi connectivity index (χ1n) is 4.87. The minimum Gasteiger partial charge on any atom is -0.392 e.